The minimum atomic E-state index is -0.266. The van der Waals surface area contributed by atoms with E-state index >= 15 is 0 Å². The van der Waals surface area contributed by atoms with Gasteiger partial charge in [0.15, 0.2) is 0 Å². The van der Waals surface area contributed by atoms with Crippen molar-refractivity contribution in [1.82, 2.24) is 24.5 Å². The summed E-state index contributed by atoms with van der Waals surface area (Å²) in [6, 6.07) is 9.88. The van der Waals surface area contributed by atoms with Crippen LogP contribution in [0.4, 0.5) is 5.95 Å². The molecule has 0 aliphatic rings. The highest BCUT2D eigenvalue weighted by Gasteiger charge is 2.08. The van der Waals surface area contributed by atoms with Gasteiger partial charge in [0.25, 0.3) is 0 Å². The lowest BCUT2D eigenvalue weighted by molar-refractivity contribution is -0.116. The van der Waals surface area contributed by atoms with Crippen LogP contribution in [0.15, 0.2) is 49.1 Å². The first-order chi connectivity index (χ1) is 10.7. The Hall–Kier alpha value is -2.67. The maximum absolute atomic E-state index is 11.9. The molecule has 22 heavy (non-hydrogen) atoms. The summed E-state index contributed by atoms with van der Waals surface area (Å²) in [5.41, 5.74) is 1.11. The molecule has 7 nitrogen and oxygen atoms in total. The number of hydrogen-bond donors (Lipinski definition) is 1. The molecule has 0 saturated carbocycles. The average Bonchev–Trinajstić information content (AvgIpc) is 3.09. The van der Waals surface area contributed by atoms with Gasteiger partial charge in [-0.25, -0.2) is 9.67 Å². The quantitative estimate of drug-likeness (QED) is 0.779. The Kier molecular flexibility index (Phi) is 4.15. The van der Waals surface area contributed by atoms with Gasteiger partial charge in [-0.2, -0.15) is 5.10 Å². The average molecular weight is 317 g/mol. The molecule has 2 aromatic heterocycles. The lowest BCUT2D eigenvalue weighted by Gasteiger charge is -2.02. The highest BCUT2D eigenvalue weighted by molar-refractivity contribution is 6.30. The van der Waals surface area contributed by atoms with Gasteiger partial charge >= 0.3 is 0 Å². The van der Waals surface area contributed by atoms with Gasteiger partial charge in [0.2, 0.25) is 11.9 Å². The van der Waals surface area contributed by atoms with E-state index in [1.165, 1.54) is 10.9 Å². The number of benzene rings is 1. The van der Waals surface area contributed by atoms with Crippen LogP contribution in [0.3, 0.4) is 0 Å². The van der Waals surface area contributed by atoms with Crippen LogP contribution in [-0.4, -0.2) is 30.5 Å². The third kappa shape index (κ3) is 3.70. The third-order valence-electron chi connectivity index (χ3n) is 2.88. The van der Waals surface area contributed by atoms with Crippen LogP contribution in [0.25, 0.3) is 0 Å². The first-order valence-electron chi connectivity index (χ1n) is 6.60. The van der Waals surface area contributed by atoms with Gasteiger partial charge in [-0.3, -0.25) is 14.8 Å². The molecule has 8 heteroatoms. The van der Waals surface area contributed by atoms with Crippen LogP contribution in [0.2, 0.25) is 5.02 Å². The summed E-state index contributed by atoms with van der Waals surface area (Å²) in [5.74, 6) is -0.00332. The number of carbonyl (C=O) groups excluding carboxylic acids is 1. The minimum absolute atomic E-state index is 0.0555. The maximum atomic E-state index is 11.9. The highest BCUT2D eigenvalue weighted by Crippen LogP contribution is 2.06. The van der Waals surface area contributed by atoms with Crippen LogP contribution in [0, 0.1) is 0 Å². The molecule has 0 fully saturated rings. The van der Waals surface area contributed by atoms with Crippen LogP contribution in [0.5, 0.6) is 0 Å². The number of rotatable bonds is 5. The molecule has 1 aromatic carbocycles. The van der Waals surface area contributed by atoms with E-state index in [9.17, 15) is 4.79 Å². The van der Waals surface area contributed by atoms with Crippen molar-refractivity contribution in [2.45, 2.75) is 13.1 Å². The molecule has 0 unspecified atom stereocenters. The molecule has 0 aliphatic heterocycles. The Morgan fingerprint density at radius 1 is 1.23 bits per heavy atom. The second-order valence-electron chi connectivity index (χ2n) is 4.66. The van der Waals surface area contributed by atoms with Crippen molar-refractivity contribution in [3.8, 4) is 0 Å². The van der Waals surface area contributed by atoms with Crippen molar-refractivity contribution in [1.29, 1.82) is 0 Å². The van der Waals surface area contributed by atoms with Gasteiger partial charge in [-0.1, -0.05) is 41.9 Å². The summed E-state index contributed by atoms with van der Waals surface area (Å²) in [7, 11) is 0. The molecule has 3 aromatic rings. The van der Waals surface area contributed by atoms with E-state index in [1.54, 1.807) is 17.2 Å². The molecule has 0 saturated heterocycles. The van der Waals surface area contributed by atoms with Crippen molar-refractivity contribution in [2.75, 3.05) is 5.32 Å². The van der Waals surface area contributed by atoms with E-state index in [2.05, 4.69) is 20.5 Å². The van der Waals surface area contributed by atoms with Crippen LogP contribution < -0.4 is 5.32 Å². The Morgan fingerprint density at radius 2 is 2.05 bits per heavy atom. The predicted molar refractivity (Wildman–Crippen MR) is 81.4 cm³/mol. The van der Waals surface area contributed by atoms with E-state index in [0.717, 1.165) is 5.56 Å². The number of aromatic nitrogens is 5. The van der Waals surface area contributed by atoms with E-state index < -0.39 is 0 Å². The Labute approximate surface area is 131 Å². The van der Waals surface area contributed by atoms with Crippen molar-refractivity contribution in [3.63, 3.8) is 0 Å². The SMILES string of the molecule is O=C(Cn1cc(Cl)cn1)Nc1ncn(Cc2ccccc2)n1. The highest BCUT2D eigenvalue weighted by atomic mass is 35.5. The van der Waals surface area contributed by atoms with Crippen molar-refractivity contribution in [3.05, 3.63) is 59.6 Å². The largest absolute Gasteiger partial charge is 0.292 e. The molecular weight excluding hydrogens is 304 g/mol. The lowest BCUT2D eigenvalue weighted by Crippen LogP contribution is -2.19. The first-order valence-corrected chi connectivity index (χ1v) is 6.98. The van der Waals surface area contributed by atoms with Crippen LogP contribution >= 0.6 is 11.6 Å². The molecule has 112 valence electrons. The number of halogens is 1. The van der Waals surface area contributed by atoms with Crippen molar-refractivity contribution >= 4 is 23.5 Å². The summed E-state index contributed by atoms with van der Waals surface area (Å²) >= 11 is 5.74. The minimum Gasteiger partial charge on any atom is -0.292 e. The number of anilines is 1. The third-order valence-corrected chi connectivity index (χ3v) is 3.08. The summed E-state index contributed by atoms with van der Waals surface area (Å²) in [5, 5.41) is 11.3. The summed E-state index contributed by atoms with van der Waals surface area (Å²) < 4.78 is 3.11. The van der Waals surface area contributed by atoms with E-state index in [1.807, 2.05) is 30.3 Å². The topological polar surface area (TPSA) is 77.6 Å². The van der Waals surface area contributed by atoms with Gasteiger partial charge in [-0.05, 0) is 5.56 Å². The van der Waals surface area contributed by atoms with E-state index in [-0.39, 0.29) is 18.4 Å². The van der Waals surface area contributed by atoms with Gasteiger partial charge in [-0.15, -0.1) is 5.10 Å². The number of nitrogens with one attached hydrogen (secondary N) is 1. The number of hydrogen-bond acceptors (Lipinski definition) is 4. The number of amides is 1. The normalized spacial score (nSPS) is 10.6. The molecule has 3 rings (SSSR count). The van der Waals surface area contributed by atoms with Gasteiger partial charge in [0.1, 0.15) is 12.9 Å². The fourth-order valence-corrected chi connectivity index (χ4v) is 2.09. The Bertz CT molecular complexity index is 767. The number of carbonyl (C=O) groups is 1. The monoisotopic (exact) mass is 316 g/mol. The second kappa shape index (κ2) is 6.40. The fraction of sp³-hybridized carbons (Fsp3) is 0.143. The molecule has 1 amide bonds. The molecular formula is C14H13ClN6O. The molecule has 1 N–H and O–H groups in total. The molecule has 0 bridgehead atoms. The predicted octanol–water partition coefficient (Wildman–Crippen LogP) is 1.81. The molecule has 0 aliphatic carbocycles. The zero-order chi connectivity index (χ0) is 15.4. The first kappa shape index (κ1) is 14.3. The summed E-state index contributed by atoms with van der Waals surface area (Å²) in [6.07, 6.45) is 4.62. The maximum Gasteiger partial charge on any atom is 0.248 e. The fourth-order valence-electron chi connectivity index (χ4n) is 1.93. The standard InChI is InChI=1S/C14H13ClN6O/c15-12-6-17-20(8-12)9-13(22)18-14-16-10-21(19-14)7-11-4-2-1-3-5-11/h1-6,8,10H,7,9H2,(H,18,19,22). The van der Waals surface area contributed by atoms with Crippen molar-refractivity contribution in [2.24, 2.45) is 0 Å². The summed E-state index contributed by atoms with van der Waals surface area (Å²) in [4.78, 5) is 15.9. The van der Waals surface area contributed by atoms with Crippen LogP contribution in [0.1, 0.15) is 5.56 Å². The smallest absolute Gasteiger partial charge is 0.248 e. The molecule has 0 radical (unpaired) electrons. The van der Waals surface area contributed by atoms with E-state index in [4.69, 9.17) is 11.6 Å². The Balaban J connectivity index is 1.58. The zero-order valence-corrected chi connectivity index (χ0v) is 12.3. The van der Waals surface area contributed by atoms with Gasteiger partial charge in [0, 0.05) is 6.20 Å². The number of nitrogens with zero attached hydrogens (tertiary/aromatic N) is 5. The molecule has 0 spiro atoms. The summed E-state index contributed by atoms with van der Waals surface area (Å²) in [6.45, 7) is 0.651. The van der Waals surface area contributed by atoms with Gasteiger partial charge in [0.05, 0.1) is 17.8 Å². The van der Waals surface area contributed by atoms with E-state index in [0.29, 0.717) is 11.6 Å². The molecule has 2 heterocycles. The molecule has 0 atom stereocenters. The zero-order valence-electron chi connectivity index (χ0n) is 11.6. The van der Waals surface area contributed by atoms with Crippen LogP contribution in [-0.2, 0) is 17.9 Å². The van der Waals surface area contributed by atoms with Crippen molar-refractivity contribution < 1.29 is 4.79 Å². The van der Waals surface area contributed by atoms with Gasteiger partial charge < -0.3 is 0 Å². The second-order valence-corrected chi connectivity index (χ2v) is 5.09. The lowest BCUT2D eigenvalue weighted by atomic mass is 10.2. The Morgan fingerprint density at radius 3 is 2.77 bits per heavy atom.